The molecule has 0 saturated carbocycles. The van der Waals surface area contributed by atoms with Gasteiger partial charge in [0, 0.05) is 17.1 Å². The molecule has 0 aliphatic rings. The van der Waals surface area contributed by atoms with Crippen molar-refractivity contribution in [3.8, 4) is 11.6 Å². The second-order valence-corrected chi connectivity index (χ2v) is 4.93. The lowest BCUT2D eigenvalue weighted by atomic mass is 10.2. The van der Waals surface area contributed by atoms with E-state index in [9.17, 15) is 0 Å². The Kier molecular flexibility index (Phi) is 4.33. The summed E-state index contributed by atoms with van der Waals surface area (Å²) in [5.74, 6) is 1.43. The van der Waals surface area contributed by atoms with Crippen LogP contribution in [-0.4, -0.2) is 12.0 Å². The molecule has 1 aromatic heterocycles. The second-order valence-electron chi connectivity index (χ2n) is 4.01. The maximum absolute atomic E-state index is 5.81. The lowest BCUT2D eigenvalue weighted by Gasteiger charge is -2.09. The van der Waals surface area contributed by atoms with Crippen LogP contribution in [0.4, 0.5) is 0 Å². The van der Waals surface area contributed by atoms with E-state index < -0.39 is 0 Å². The molecule has 0 amide bonds. The van der Waals surface area contributed by atoms with Gasteiger partial charge >= 0.3 is 0 Å². The number of aryl methyl sites for hydroxylation is 1. The molecule has 1 aromatic carbocycles. The van der Waals surface area contributed by atoms with Crippen LogP contribution in [0.25, 0.3) is 0 Å². The number of ether oxygens (including phenoxy) is 1. The van der Waals surface area contributed by atoms with Crippen LogP contribution >= 0.6 is 15.9 Å². The number of rotatable bonds is 4. The third-order valence-corrected chi connectivity index (χ3v) is 3.00. The fraction of sp³-hybridized carbons (Fsp3) is 0.214. The molecule has 0 saturated heterocycles. The molecule has 0 atom stereocenters. The zero-order chi connectivity index (χ0) is 13.0. The van der Waals surface area contributed by atoms with Crippen LogP contribution in [-0.2, 0) is 6.54 Å². The average Bonchev–Trinajstić information content (AvgIpc) is 2.35. The van der Waals surface area contributed by atoms with E-state index in [0.29, 0.717) is 5.88 Å². The second kappa shape index (κ2) is 5.98. The van der Waals surface area contributed by atoms with Crippen molar-refractivity contribution in [1.82, 2.24) is 10.3 Å². The standard InChI is InChI=1S/C14H15BrN2O/c1-10-6-7-11(15)8-13(10)18-14-5-3-4-12(17-14)9-16-2/h3-8,16H,9H2,1-2H3. The fourth-order valence-electron chi connectivity index (χ4n) is 1.59. The van der Waals surface area contributed by atoms with Crippen molar-refractivity contribution in [3.63, 3.8) is 0 Å². The predicted octanol–water partition coefficient (Wildman–Crippen LogP) is 3.66. The molecule has 0 unspecified atom stereocenters. The number of nitrogens with one attached hydrogen (secondary N) is 1. The minimum Gasteiger partial charge on any atom is -0.439 e. The third kappa shape index (κ3) is 3.31. The highest BCUT2D eigenvalue weighted by Crippen LogP contribution is 2.27. The zero-order valence-electron chi connectivity index (χ0n) is 10.4. The molecule has 18 heavy (non-hydrogen) atoms. The van der Waals surface area contributed by atoms with Gasteiger partial charge < -0.3 is 10.1 Å². The molecule has 3 nitrogen and oxygen atoms in total. The van der Waals surface area contributed by atoms with Gasteiger partial charge in [-0.1, -0.05) is 28.1 Å². The lowest BCUT2D eigenvalue weighted by molar-refractivity contribution is 0.456. The van der Waals surface area contributed by atoms with Gasteiger partial charge in [0.05, 0.1) is 5.69 Å². The van der Waals surface area contributed by atoms with Crippen LogP contribution < -0.4 is 10.1 Å². The molecule has 0 bridgehead atoms. The van der Waals surface area contributed by atoms with Crippen LogP contribution in [0.1, 0.15) is 11.3 Å². The normalized spacial score (nSPS) is 10.4. The summed E-state index contributed by atoms with van der Waals surface area (Å²) in [4.78, 5) is 4.43. The van der Waals surface area contributed by atoms with E-state index in [4.69, 9.17) is 4.74 Å². The minimum atomic E-state index is 0.615. The van der Waals surface area contributed by atoms with Crippen LogP contribution in [0.15, 0.2) is 40.9 Å². The van der Waals surface area contributed by atoms with Gasteiger partial charge in [0.1, 0.15) is 5.75 Å². The van der Waals surface area contributed by atoms with E-state index in [1.54, 1.807) is 0 Å². The largest absolute Gasteiger partial charge is 0.439 e. The third-order valence-electron chi connectivity index (χ3n) is 2.50. The first-order chi connectivity index (χ1) is 8.69. The number of pyridine rings is 1. The lowest BCUT2D eigenvalue weighted by Crippen LogP contribution is -2.07. The molecule has 0 radical (unpaired) electrons. The molecular weight excluding hydrogens is 292 g/mol. The minimum absolute atomic E-state index is 0.615. The maximum Gasteiger partial charge on any atom is 0.219 e. The molecule has 2 aromatic rings. The molecule has 2 rings (SSSR count). The number of benzene rings is 1. The first kappa shape index (κ1) is 13.1. The quantitative estimate of drug-likeness (QED) is 0.936. The maximum atomic E-state index is 5.81. The van der Waals surface area contributed by atoms with E-state index in [1.165, 1.54) is 0 Å². The Balaban J connectivity index is 2.22. The number of hydrogen-bond acceptors (Lipinski definition) is 3. The van der Waals surface area contributed by atoms with Crippen LogP contribution in [0.5, 0.6) is 11.6 Å². The topological polar surface area (TPSA) is 34.1 Å². The monoisotopic (exact) mass is 306 g/mol. The molecule has 0 aliphatic carbocycles. The van der Waals surface area contributed by atoms with Gasteiger partial charge in [-0.3, -0.25) is 0 Å². The Morgan fingerprint density at radius 2 is 2.11 bits per heavy atom. The van der Waals surface area contributed by atoms with E-state index in [2.05, 4.69) is 26.2 Å². The summed E-state index contributed by atoms with van der Waals surface area (Å²) in [6, 6.07) is 11.7. The van der Waals surface area contributed by atoms with Gasteiger partial charge in [-0.15, -0.1) is 0 Å². The number of hydrogen-bond donors (Lipinski definition) is 1. The molecule has 0 spiro atoms. The molecule has 4 heteroatoms. The summed E-state index contributed by atoms with van der Waals surface area (Å²) in [6.45, 7) is 2.74. The summed E-state index contributed by atoms with van der Waals surface area (Å²) >= 11 is 3.44. The van der Waals surface area contributed by atoms with Gasteiger partial charge in [-0.25, -0.2) is 4.98 Å². The molecular formula is C14H15BrN2O. The van der Waals surface area contributed by atoms with Gasteiger partial charge in [-0.05, 0) is 37.7 Å². The Labute approximate surface area is 115 Å². The van der Waals surface area contributed by atoms with Crippen LogP contribution in [0, 0.1) is 6.92 Å². The Morgan fingerprint density at radius 3 is 2.89 bits per heavy atom. The van der Waals surface area contributed by atoms with E-state index in [-0.39, 0.29) is 0 Å². The van der Waals surface area contributed by atoms with E-state index >= 15 is 0 Å². The summed E-state index contributed by atoms with van der Waals surface area (Å²) in [7, 11) is 1.90. The highest BCUT2D eigenvalue weighted by atomic mass is 79.9. The fourth-order valence-corrected chi connectivity index (χ4v) is 1.93. The van der Waals surface area contributed by atoms with Gasteiger partial charge in [0.2, 0.25) is 5.88 Å². The Bertz CT molecular complexity index is 543. The van der Waals surface area contributed by atoms with Crippen LogP contribution in [0.2, 0.25) is 0 Å². The average molecular weight is 307 g/mol. The molecule has 0 fully saturated rings. The van der Waals surface area contributed by atoms with Crippen molar-refractivity contribution in [3.05, 3.63) is 52.1 Å². The predicted molar refractivity (Wildman–Crippen MR) is 76.0 cm³/mol. The zero-order valence-corrected chi connectivity index (χ0v) is 12.0. The van der Waals surface area contributed by atoms with E-state index in [0.717, 1.165) is 28.0 Å². The summed E-state index contributed by atoms with van der Waals surface area (Å²) in [5, 5.41) is 3.07. The molecule has 1 heterocycles. The highest BCUT2D eigenvalue weighted by Gasteiger charge is 2.04. The van der Waals surface area contributed by atoms with Gasteiger partial charge in [0.15, 0.2) is 0 Å². The van der Waals surface area contributed by atoms with Crippen molar-refractivity contribution < 1.29 is 4.74 Å². The van der Waals surface area contributed by atoms with Gasteiger partial charge in [-0.2, -0.15) is 0 Å². The number of nitrogens with zero attached hydrogens (tertiary/aromatic N) is 1. The number of halogens is 1. The molecule has 1 N–H and O–H groups in total. The first-order valence-corrected chi connectivity index (χ1v) is 6.53. The van der Waals surface area contributed by atoms with E-state index in [1.807, 2.05) is 50.4 Å². The van der Waals surface area contributed by atoms with Gasteiger partial charge in [0.25, 0.3) is 0 Å². The Hall–Kier alpha value is -1.39. The SMILES string of the molecule is CNCc1cccc(Oc2cc(Br)ccc2C)n1. The first-order valence-electron chi connectivity index (χ1n) is 5.73. The summed E-state index contributed by atoms with van der Waals surface area (Å²) in [5.41, 5.74) is 2.04. The van der Waals surface area contributed by atoms with Crippen molar-refractivity contribution in [1.29, 1.82) is 0 Å². The summed E-state index contributed by atoms with van der Waals surface area (Å²) in [6.07, 6.45) is 0. The van der Waals surface area contributed by atoms with Crippen molar-refractivity contribution in [2.24, 2.45) is 0 Å². The summed E-state index contributed by atoms with van der Waals surface area (Å²) < 4.78 is 6.80. The number of aromatic nitrogens is 1. The van der Waals surface area contributed by atoms with Crippen molar-refractivity contribution in [2.75, 3.05) is 7.05 Å². The smallest absolute Gasteiger partial charge is 0.219 e. The highest BCUT2D eigenvalue weighted by molar-refractivity contribution is 9.10. The van der Waals surface area contributed by atoms with Crippen LogP contribution in [0.3, 0.4) is 0 Å². The molecule has 0 aliphatic heterocycles. The van der Waals surface area contributed by atoms with Crippen molar-refractivity contribution in [2.45, 2.75) is 13.5 Å². The molecule has 94 valence electrons. The Morgan fingerprint density at radius 1 is 1.28 bits per heavy atom. The van der Waals surface area contributed by atoms with Crippen molar-refractivity contribution >= 4 is 15.9 Å².